The van der Waals surface area contributed by atoms with Crippen LogP contribution in [0, 0.1) is 0 Å². The molecule has 124 valence electrons. The molecule has 0 spiro atoms. The summed E-state index contributed by atoms with van der Waals surface area (Å²) in [5.74, 6) is 0. The van der Waals surface area contributed by atoms with Gasteiger partial charge >= 0.3 is 0 Å². The van der Waals surface area contributed by atoms with Gasteiger partial charge in [-0.2, -0.15) is 0 Å². The van der Waals surface area contributed by atoms with Gasteiger partial charge in [0.05, 0.1) is 0 Å². The maximum atomic E-state index is 6.10. The van der Waals surface area contributed by atoms with Gasteiger partial charge in [0, 0.05) is 21.2 Å². The first-order valence-electron chi connectivity index (χ1n) is 8.58. The summed E-state index contributed by atoms with van der Waals surface area (Å²) in [6, 6.07) is 12.7. The zero-order valence-corrected chi connectivity index (χ0v) is 15.1. The van der Waals surface area contributed by atoms with Crippen LogP contribution in [0.3, 0.4) is 0 Å². The molecule has 2 aromatic rings. The largest absolute Gasteiger partial charge is 0.399 e. The molecule has 0 saturated carbocycles. The van der Waals surface area contributed by atoms with E-state index in [1.165, 1.54) is 46.6 Å². The zero-order chi connectivity index (χ0) is 16.7. The van der Waals surface area contributed by atoms with Crippen molar-refractivity contribution in [2.24, 2.45) is 0 Å². The second-order valence-electron chi connectivity index (χ2n) is 6.03. The third-order valence-electron chi connectivity index (χ3n) is 4.06. The molecule has 0 aromatic heterocycles. The minimum absolute atomic E-state index is 0.906. The van der Waals surface area contributed by atoms with E-state index in [0.717, 1.165) is 24.2 Å². The normalized spacial score (nSPS) is 10.9. The SMILES string of the molecule is CCCCc1cc(Sc2ccc(N)c(CCCC)c2)ccc1N. The average Bonchev–Trinajstić information content (AvgIpc) is 2.55. The Bertz CT molecular complexity index is 582. The molecule has 0 aliphatic rings. The summed E-state index contributed by atoms with van der Waals surface area (Å²) in [5, 5.41) is 0. The van der Waals surface area contributed by atoms with Gasteiger partial charge in [-0.05, 0) is 73.2 Å². The minimum Gasteiger partial charge on any atom is -0.399 e. The van der Waals surface area contributed by atoms with Crippen molar-refractivity contribution in [1.29, 1.82) is 0 Å². The molecular formula is C20H28N2S. The first kappa shape index (κ1) is 17.7. The lowest BCUT2D eigenvalue weighted by Gasteiger charge is -2.10. The number of nitrogen functional groups attached to an aromatic ring is 2. The maximum Gasteiger partial charge on any atom is 0.0347 e. The second-order valence-corrected chi connectivity index (χ2v) is 7.18. The highest BCUT2D eigenvalue weighted by molar-refractivity contribution is 7.99. The Morgan fingerprint density at radius 1 is 0.739 bits per heavy atom. The first-order chi connectivity index (χ1) is 11.1. The van der Waals surface area contributed by atoms with E-state index >= 15 is 0 Å². The van der Waals surface area contributed by atoms with E-state index in [1.54, 1.807) is 11.8 Å². The predicted molar refractivity (Wildman–Crippen MR) is 103 cm³/mol. The smallest absolute Gasteiger partial charge is 0.0347 e. The van der Waals surface area contributed by atoms with Crippen LogP contribution in [0.1, 0.15) is 50.7 Å². The summed E-state index contributed by atoms with van der Waals surface area (Å²) in [6.45, 7) is 4.42. The molecule has 2 nitrogen and oxygen atoms in total. The van der Waals surface area contributed by atoms with Crippen molar-refractivity contribution >= 4 is 23.1 Å². The van der Waals surface area contributed by atoms with Crippen LogP contribution >= 0.6 is 11.8 Å². The molecule has 2 aromatic carbocycles. The molecule has 0 amide bonds. The van der Waals surface area contributed by atoms with Crippen LogP contribution in [0.4, 0.5) is 11.4 Å². The van der Waals surface area contributed by atoms with Crippen molar-refractivity contribution in [2.75, 3.05) is 11.5 Å². The summed E-state index contributed by atoms with van der Waals surface area (Å²) in [5.41, 5.74) is 16.5. The lowest BCUT2D eigenvalue weighted by atomic mass is 10.1. The van der Waals surface area contributed by atoms with Crippen LogP contribution in [0.15, 0.2) is 46.2 Å². The number of nitrogens with two attached hydrogens (primary N) is 2. The van der Waals surface area contributed by atoms with Gasteiger partial charge in [0.2, 0.25) is 0 Å². The van der Waals surface area contributed by atoms with Gasteiger partial charge in [0.1, 0.15) is 0 Å². The van der Waals surface area contributed by atoms with E-state index in [2.05, 4.69) is 38.1 Å². The number of rotatable bonds is 8. The fourth-order valence-corrected chi connectivity index (χ4v) is 3.54. The number of benzene rings is 2. The van der Waals surface area contributed by atoms with Crippen LogP contribution in [0.25, 0.3) is 0 Å². The molecule has 23 heavy (non-hydrogen) atoms. The number of anilines is 2. The third kappa shape index (κ3) is 5.21. The van der Waals surface area contributed by atoms with Crippen molar-refractivity contribution in [3.05, 3.63) is 47.5 Å². The van der Waals surface area contributed by atoms with Crippen molar-refractivity contribution < 1.29 is 0 Å². The van der Waals surface area contributed by atoms with Crippen molar-refractivity contribution in [3.8, 4) is 0 Å². The molecule has 0 fully saturated rings. The van der Waals surface area contributed by atoms with Crippen LogP contribution in [-0.4, -0.2) is 0 Å². The summed E-state index contributed by atoms with van der Waals surface area (Å²) in [7, 11) is 0. The highest BCUT2D eigenvalue weighted by atomic mass is 32.2. The van der Waals surface area contributed by atoms with Crippen LogP contribution in [0.2, 0.25) is 0 Å². The van der Waals surface area contributed by atoms with Crippen molar-refractivity contribution in [1.82, 2.24) is 0 Å². The lowest BCUT2D eigenvalue weighted by molar-refractivity contribution is 0.794. The van der Waals surface area contributed by atoms with Gasteiger partial charge in [-0.25, -0.2) is 0 Å². The minimum atomic E-state index is 0.906. The summed E-state index contributed by atoms with van der Waals surface area (Å²) in [4.78, 5) is 2.49. The Balaban J connectivity index is 2.15. The van der Waals surface area contributed by atoms with Gasteiger partial charge in [-0.15, -0.1) is 0 Å². The lowest BCUT2D eigenvalue weighted by Crippen LogP contribution is -1.96. The summed E-state index contributed by atoms with van der Waals surface area (Å²) in [6.07, 6.45) is 6.86. The van der Waals surface area contributed by atoms with Crippen LogP contribution in [0.5, 0.6) is 0 Å². The number of aryl methyl sites for hydroxylation is 2. The Hall–Kier alpha value is -1.61. The molecule has 3 heteroatoms. The van der Waals surface area contributed by atoms with E-state index in [1.807, 2.05) is 12.1 Å². The molecular weight excluding hydrogens is 300 g/mol. The number of hydrogen-bond donors (Lipinski definition) is 2. The summed E-state index contributed by atoms with van der Waals surface area (Å²) < 4.78 is 0. The van der Waals surface area contributed by atoms with Gasteiger partial charge < -0.3 is 11.5 Å². The van der Waals surface area contributed by atoms with Gasteiger partial charge in [0.15, 0.2) is 0 Å². The zero-order valence-electron chi connectivity index (χ0n) is 14.3. The standard InChI is InChI=1S/C20H28N2S/c1-3-5-7-15-13-17(9-11-19(15)21)23-18-10-12-20(22)16(14-18)8-6-4-2/h9-14H,3-8,21-22H2,1-2H3. The molecule has 4 N–H and O–H groups in total. The van der Waals surface area contributed by atoms with Crippen molar-refractivity contribution in [3.63, 3.8) is 0 Å². The molecule has 2 rings (SSSR count). The summed E-state index contributed by atoms with van der Waals surface area (Å²) >= 11 is 1.79. The quantitative estimate of drug-likeness (QED) is 0.612. The maximum absolute atomic E-state index is 6.10. The first-order valence-corrected chi connectivity index (χ1v) is 9.40. The molecule has 0 atom stereocenters. The molecule has 0 aliphatic carbocycles. The third-order valence-corrected chi connectivity index (χ3v) is 5.04. The van der Waals surface area contributed by atoms with Crippen LogP contribution < -0.4 is 11.5 Å². The van der Waals surface area contributed by atoms with Gasteiger partial charge in [-0.1, -0.05) is 38.5 Å². The van der Waals surface area contributed by atoms with E-state index in [-0.39, 0.29) is 0 Å². The average molecular weight is 329 g/mol. The Morgan fingerprint density at radius 3 is 1.57 bits per heavy atom. The number of hydrogen-bond acceptors (Lipinski definition) is 3. The highest BCUT2D eigenvalue weighted by Crippen LogP contribution is 2.32. The fraction of sp³-hybridized carbons (Fsp3) is 0.400. The Kier molecular flexibility index (Phi) is 6.85. The van der Waals surface area contributed by atoms with Gasteiger partial charge in [0.25, 0.3) is 0 Å². The predicted octanol–water partition coefficient (Wildman–Crippen LogP) is 5.69. The molecule has 0 unspecified atom stereocenters. The Morgan fingerprint density at radius 2 is 1.17 bits per heavy atom. The highest BCUT2D eigenvalue weighted by Gasteiger charge is 2.06. The topological polar surface area (TPSA) is 52.0 Å². The fourth-order valence-electron chi connectivity index (χ4n) is 2.59. The molecule has 0 saturated heterocycles. The number of unbranched alkanes of at least 4 members (excludes halogenated alkanes) is 2. The van der Waals surface area contributed by atoms with E-state index < -0.39 is 0 Å². The molecule has 0 radical (unpaired) electrons. The molecule has 0 bridgehead atoms. The Labute approximate surface area is 144 Å². The van der Waals surface area contributed by atoms with Gasteiger partial charge in [-0.3, -0.25) is 0 Å². The van der Waals surface area contributed by atoms with E-state index in [4.69, 9.17) is 11.5 Å². The van der Waals surface area contributed by atoms with Crippen LogP contribution in [-0.2, 0) is 12.8 Å². The molecule has 0 heterocycles. The second kappa shape index (κ2) is 8.88. The monoisotopic (exact) mass is 328 g/mol. The van der Waals surface area contributed by atoms with Crippen molar-refractivity contribution in [2.45, 2.75) is 62.2 Å². The van der Waals surface area contributed by atoms with E-state index in [9.17, 15) is 0 Å². The van der Waals surface area contributed by atoms with E-state index in [0.29, 0.717) is 0 Å². The molecule has 0 aliphatic heterocycles.